The molecule has 1 saturated heterocycles. The highest BCUT2D eigenvalue weighted by molar-refractivity contribution is 5.30. The summed E-state index contributed by atoms with van der Waals surface area (Å²) in [6, 6.07) is 9.75. The highest BCUT2D eigenvalue weighted by atomic mass is 16.5. The number of nitrogens with zero attached hydrogens (tertiary/aromatic N) is 2. The molecular weight excluding hydrogens is 286 g/mol. The van der Waals surface area contributed by atoms with Crippen molar-refractivity contribution < 1.29 is 4.74 Å². The van der Waals surface area contributed by atoms with E-state index in [9.17, 15) is 0 Å². The third kappa shape index (κ3) is 3.06. The molecule has 1 fully saturated rings. The first-order valence-corrected chi connectivity index (χ1v) is 8.73. The van der Waals surface area contributed by atoms with Crippen molar-refractivity contribution in [3.63, 3.8) is 0 Å². The van der Waals surface area contributed by atoms with E-state index >= 15 is 0 Å². The third-order valence-corrected chi connectivity index (χ3v) is 5.23. The van der Waals surface area contributed by atoms with Gasteiger partial charge in [-0.3, -0.25) is 0 Å². The number of nitrogens with one attached hydrogen (secondary N) is 1. The maximum absolute atomic E-state index is 6.08. The Labute approximate surface area is 137 Å². The summed E-state index contributed by atoms with van der Waals surface area (Å²) in [6.45, 7) is 0.837. The van der Waals surface area contributed by atoms with E-state index in [0.29, 0.717) is 12.1 Å². The van der Waals surface area contributed by atoms with E-state index in [1.165, 1.54) is 24.0 Å². The lowest BCUT2D eigenvalue weighted by molar-refractivity contribution is -0.0208. The van der Waals surface area contributed by atoms with E-state index in [0.717, 1.165) is 31.7 Å². The van der Waals surface area contributed by atoms with Gasteiger partial charge in [-0.05, 0) is 43.2 Å². The van der Waals surface area contributed by atoms with E-state index in [2.05, 4.69) is 39.1 Å². The number of fused-ring (bicyclic) bond motifs is 1. The zero-order valence-electron chi connectivity index (χ0n) is 13.7. The molecular formula is C19H25N3O. The fourth-order valence-corrected chi connectivity index (χ4v) is 4.00. The average Bonchev–Trinajstić information content (AvgIpc) is 3.01. The number of hydrogen-bond donors (Lipinski definition) is 1. The lowest BCUT2D eigenvalue weighted by Gasteiger charge is -2.36. The molecule has 1 aromatic heterocycles. The number of ether oxygens (including phenoxy) is 1. The summed E-state index contributed by atoms with van der Waals surface area (Å²) in [4.78, 5) is 4.52. The molecule has 0 amide bonds. The number of rotatable bonds is 3. The number of benzene rings is 1. The minimum absolute atomic E-state index is 0.0703. The van der Waals surface area contributed by atoms with Gasteiger partial charge in [0.05, 0.1) is 0 Å². The summed E-state index contributed by atoms with van der Waals surface area (Å²) in [6.07, 6.45) is 9.73. The van der Waals surface area contributed by atoms with Crippen LogP contribution in [0.1, 0.15) is 42.3 Å². The first-order valence-electron chi connectivity index (χ1n) is 8.73. The SMILES string of the molecule is Cn1ccnc1[C@H]1OCCC[C@@H]1N[C@@H]1CCc2ccccc2C1. The highest BCUT2D eigenvalue weighted by Gasteiger charge is 2.32. The third-order valence-electron chi connectivity index (χ3n) is 5.23. The van der Waals surface area contributed by atoms with Crippen molar-refractivity contribution in [1.29, 1.82) is 0 Å². The van der Waals surface area contributed by atoms with Crippen LogP contribution in [-0.4, -0.2) is 28.2 Å². The van der Waals surface area contributed by atoms with Crippen molar-refractivity contribution in [2.75, 3.05) is 6.61 Å². The maximum atomic E-state index is 6.08. The summed E-state index contributed by atoms with van der Waals surface area (Å²) in [5.74, 6) is 1.04. The Balaban J connectivity index is 1.48. The number of hydrogen-bond acceptors (Lipinski definition) is 3. The van der Waals surface area contributed by atoms with Gasteiger partial charge in [0, 0.05) is 38.1 Å². The number of aryl methyl sites for hydroxylation is 2. The van der Waals surface area contributed by atoms with Crippen molar-refractivity contribution in [3.8, 4) is 0 Å². The van der Waals surface area contributed by atoms with Crippen molar-refractivity contribution in [2.24, 2.45) is 7.05 Å². The van der Waals surface area contributed by atoms with Crippen LogP contribution in [0.15, 0.2) is 36.7 Å². The average molecular weight is 311 g/mol. The summed E-state index contributed by atoms with van der Waals surface area (Å²) in [7, 11) is 2.05. The van der Waals surface area contributed by atoms with Gasteiger partial charge in [-0.1, -0.05) is 24.3 Å². The smallest absolute Gasteiger partial charge is 0.139 e. The fourth-order valence-electron chi connectivity index (χ4n) is 4.00. The Morgan fingerprint density at radius 3 is 2.91 bits per heavy atom. The maximum Gasteiger partial charge on any atom is 0.139 e. The van der Waals surface area contributed by atoms with Crippen LogP contribution >= 0.6 is 0 Å². The van der Waals surface area contributed by atoms with Crippen molar-refractivity contribution in [1.82, 2.24) is 14.9 Å². The summed E-state index contributed by atoms with van der Waals surface area (Å²) >= 11 is 0. The first kappa shape index (κ1) is 14.9. The normalized spacial score (nSPS) is 27.6. The lowest BCUT2D eigenvalue weighted by Crippen LogP contribution is -2.47. The molecule has 4 nitrogen and oxygen atoms in total. The van der Waals surface area contributed by atoms with Gasteiger partial charge in [-0.15, -0.1) is 0 Å². The Bertz CT molecular complexity index is 666. The molecule has 2 aliphatic rings. The topological polar surface area (TPSA) is 39.1 Å². The monoisotopic (exact) mass is 311 g/mol. The Kier molecular flexibility index (Phi) is 4.19. The minimum atomic E-state index is 0.0703. The second kappa shape index (κ2) is 6.46. The van der Waals surface area contributed by atoms with Crippen LogP contribution in [0.2, 0.25) is 0 Å². The summed E-state index contributed by atoms with van der Waals surface area (Å²) in [5, 5.41) is 3.89. The lowest BCUT2D eigenvalue weighted by atomic mass is 9.87. The predicted octanol–water partition coefficient (Wildman–Crippen LogP) is 2.79. The predicted molar refractivity (Wildman–Crippen MR) is 90.3 cm³/mol. The van der Waals surface area contributed by atoms with Crippen LogP contribution in [0, 0.1) is 0 Å². The van der Waals surface area contributed by atoms with Gasteiger partial charge in [0.1, 0.15) is 11.9 Å². The Morgan fingerprint density at radius 1 is 1.22 bits per heavy atom. The number of aromatic nitrogens is 2. The van der Waals surface area contributed by atoms with Gasteiger partial charge in [0.15, 0.2) is 0 Å². The minimum Gasteiger partial charge on any atom is -0.369 e. The largest absolute Gasteiger partial charge is 0.369 e. The summed E-state index contributed by atoms with van der Waals surface area (Å²) in [5.41, 5.74) is 3.02. The molecule has 1 N–H and O–H groups in total. The molecule has 0 unspecified atom stereocenters. The zero-order chi connectivity index (χ0) is 15.6. The van der Waals surface area contributed by atoms with Crippen LogP contribution in [0.25, 0.3) is 0 Å². The van der Waals surface area contributed by atoms with Crippen molar-refractivity contribution in [2.45, 2.75) is 50.3 Å². The molecule has 122 valence electrons. The van der Waals surface area contributed by atoms with E-state index in [1.54, 1.807) is 0 Å². The van der Waals surface area contributed by atoms with Crippen LogP contribution in [-0.2, 0) is 24.6 Å². The van der Waals surface area contributed by atoms with Gasteiger partial charge in [0.25, 0.3) is 0 Å². The molecule has 1 aliphatic heterocycles. The van der Waals surface area contributed by atoms with Crippen molar-refractivity contribution in [3.05, 3.63) is 53.6 Å². The molecule has 0 radical (unpaired) electrons. The Hall–Kier alpha value is -1.65. The molecule has 4 heteroatoms. The summed E-state index contributed by atoms with van der Waals surface area (Å²) < 4.78 is 8.17. The van der Waals surface area contributed by atoms with Gasteiger partial charge in [0.2, 0.25) is 0 Å². The molecule has 2 aromatic rings. The molecule has 0 saturated carbocycles. The van der Waals surface area contributed by atoms with Crippen LogP contribution in [0.5, 0.6) is 0 Å². The van der Waals surface area contributed by atoms with Crippen LogP contribution < -0.4 is 5.32 Å². The number of imidazole rings is 1. The van der Waals surface area contributed by atoms with Gasteiger partial charge in [-0.2, -0.15) is 0 Å². The van der Waals surface area contributed by atoms with Gasteiger partial charge < -0.3 is 14.6 Å². The molecule has 2 heterocycles. The van der Waals surface area contributed by atoms with Crippen LogP contribution in [0.4, 0.5) is 0 Å². The molecule has 3 atom stereocenters. The van der Waals surface area contributed by atoms with E-state index in [4.69, 9.17) is 4.74 Å². The molecule has 0 bridgehead atoms. The van der Waals surface area contributed by atoms with Crippen LogP contribution in [0.3, 0.4) is 0 Å². The second-order valence-electron chi connectivity index (χ2n) is 6.81. The van der Waals surface area contributed by atoms with Gasteiger partial charge in [-0.25, -0.2) is 4.98 Å². The molecule has 23 heavy (non-hydrogen) atoms. The van der Waals surface area contributed by atoms with Crippen molar-refractivity contribution >= 4 is 0 Å². The fraction of sp³-hybridized carbons (Fsp3) is 0.526. The Morgan fingerprint density at radius 2 is 2.09 bits per heavy atom. The van der Waals surface area contributed by atoms with E-state index in [1.807, 2.05) is 19.4 Å². The van der Waals surface area contributed by atoms with E-state index < -0.39 is 0 Å². The first-order chi connectivity index (χ1) is 11.3. The second-order valence-corrected chi connectivity index (χ2v) is 6.81. The quantitative estimate of drug-likeness (QED) is 0.947. The highest BCUT2D eigenvalue weighted by Crippen LogP contribution is 2.29. The molecule has 1 aliphatic carbocycles. The van der Waals surface area contributed by atoms with Gasteiger partial charge >= 0.3 is 0 Å². The van der Waals surface area contributed by atoms with E-state index in [-0.39, 0.29) is 6.10 Å². The molecule has 1 aromatic carbocycles. The molecule has 0 spiro atoms. The zero-order valence-corrected chi connectivity index (χ0v) is 13.7. The standard InChI is InChI=1S/C19H25N3O/c1-22-11-10-20-19(22)18-17(7-4-12-23-18)21-16-9-8-14-5-2-3-6-15(14)13-16/h2-3,5-6,10-11,16-18,21H,4,7-9,12-13H2,1H3/t16-,17+,18+/m1/s1. The molecule has 4 rings (SSSR count).